The smallest absolute Gasteiger partial charge is 0.322 e. The Morgan fingerprint density at radius 2 is 1.96 bits per heavy atom. The monoisotopic (exact) mass is 381 g/mol. The number of hydrogen-bond donors (Lipinski definition) is 1. The quantitative estimate of drug-likeness (QED) is 0.547. The third-order valence-electron chi connectivity index (χ3n) is 4.10. The van der Waals surface area contributed by atoms with Crippen molar-refractivity contribution < 1.29 is 18.7 Å². The normalized spacial score (nSPS) is 10.5. The van der Waals surface area contributed by atoms with Gasteiger partial charge in [0.25, 0.3) is 11.8 Å². The topological polar surface area (TPSA) is 86.5 Å². The fraction of sp³-hybridized carbons (Fsp3) is 0.286. The number of amides is 1. The van der Waals surface area contributed by atoms with Crippen molar-refractivity contribution >= 4 is 11.9 Å². The predicted molar refractivity (Wildman–Crippen MR) is 106 cm³/mol. The van der Waals surface area contributed by atoms with Gasteiger partial charge in [0.2, 0.25) is 0 Å². The highest BCUT2D eigenvalue weighted by Crippen LogP contribution is 2.29. The van der Waals surface area contributed by atoms with Crippen LogP contribution in [-0.2, 0) is 0 Å². The Hall–Kier alpha value is -3.35. The molecule has 0 spiro atoms. The summed E-state index contributed by atoms with van der Waals surface area (Å²) in [6.45, 7) is 2.77. The number of methoxy groups -OCH3 is 1. The van der Waals surface area contributed by atoms with Gasteiger partial charge in [-0.2, -0.15) is 0 Å². The number of aromatic nitrogens is 2. The van der Waals surface area contributed by atoms with E-state index in [4.69, 9.17) is 13.9 Å². The zero-order chi connectivity index (χ0) is 19.8. The Labute approximate surface area is 163 Å². The van der Waals surface area contributed by atoms with Gasteiger partial charge in [0.05, 0.1) is 19.3 Å². The van der Waals surface area contributed by atoms with E-state index < -0.39 is 0 Å². The summed E-state index contributed by atoms with van der Waals surface area (Å²) in [5, 5.41) is 10.5. The second-order valence-electron chi connectivity index (χ2n) is 6.15. The third kappa shape index (κ3) is 4.88. The molecule has 1 heterocycles. The van der Waals surface area contributed by atoms with Crippen molar-refractivity contribution in [2.75, 3.05) is 19.0 Å². The Bertz CT molecular complexity index is 923. The molecule has 146 valence electrons. The van der Waals surface area contributed by atoms with E-state index >= 15 is 0 Å². The molecule has 0 atom stereocenters. The van der Waals surface area contributed by atoms with Crippen LogP contribution < -0.4 is 14.8 Å². The van der Waals surface area contributed by atoms with Gasteiger partial charge < -0.3 is 13.9 Å². The minimum absolute atomic E-state index is 0.0140. The average molecular weight is 381 g/mol. The minimum atomic E-state index is -0.353. The zero-order valence-electron chi connectivity index (χ0n) is 16.0. The number of anilines is 1. The van der Waals surface area contributed by atoms with Crippen LogP contribution in [0.25, 0.3) is 11.5 Å². The van der Waals surface area contributed by atoms with E-state index in [-0.39, 0.29) is 17.8 Å². The van der Waals surface area contributed by atoms with Gasteiger partial charge in [0.15, 0.2) is 0 Å². The Morgan fingerprint density at radius 1 is 1.11 bits per heavy atom. The average Bonchev–Trinajstić information content (AvgIpc) is 3.19. The van der Waals surface area contributed by atoms with Crippen LogP contribution >= 0.6 is 0 Å². The minimum Gasteiger partial charge on any atom is -0.496 e. The van der Waals surface area contributed by atoms with Gasteiger partial charge >= 0.3 is 6.01 Å². The first-order chi connectivity index (χ1) is 13.7. The van der Waals surface area contributed by atoms with Gasteiger partial charge in [-0.05, 0) is 36.8 Å². The molecule has 0 bridgehead atoms. The molecule has 3 aromatic rings. The van der Waals surface area contributed by atoms with Crippen molar-refractivity contribution in [3.05, 3.63) is 54.1 Å². The number of rotatable bonds is 9. The third-order valence-corrected chi connectivity index (χ3v) is 4.10. The fourth-order valence-corrected chi connectivity index (χ4v) is 2.64. The first-order valence-electron chi connectivity index (χ1n) is 9.22. The molecule has 0 saturated carbocycles. The molecule has 0 aliphatic heterocycles. The summed E-state index contributed by atoms with van der Waals surface area (Å²) in [5.74, 6) is 1.18. The fourth-order valence-electron chi connectivity index (χ4n) is 2.64. The number of unbranched alkanes of at least 4 members (excludes halogenated alkanes) is 2. The maximum Gasteiger partial charge on any atom is 0.322 e. The Morgan fingerprint density at radius 3 is 2.79 bits per heavy atom. The van der Waals surface area contributed by atoms with E-state index in [1.54, 1.807) is 37.4 Å². The van der Waals surface area contributed by atoms with Gasteiger partial charge in [-0.1, -0.05) is 43.1 Å². The van der Waals surface area contributed by atoms with Crippen LogP contribution in [0.2, 0.25) is 0 Å². The number of carbonyl (C=O) groups is 1. The maximum atomic E-state index is 12.5. The standard InChI is InChI=1S/C21H23N3O4/c1-3-4-7-13-27-16-10-8-9-15(14-16)19(25)22-21-24-23-20(28-21)17-11-5-6-12-18(17)26-2/h5-6,8-12,14H,3-4,7,13H2,1-2H3,(H,22,24,25). The zero-order valence-corrected chi connectivity index (χ0v) is 16.0. The molecule has 28 heavy (non-hydrogen) atoms. The van der Waals surface area contributed by atoms with Crippen LogP contribution in [0.15, 0.2) is 52.9 Å². The summed E-state index contributed by atoms with van der Waals surface area (Å²) in [4.78, 5) is 12.5. The van der Waals surface area contributed by atoms with Crippen LogP contribution in [0.5, 0.6) is 11.5 Å². The lowest BCUT2D eigenvalue weighted by Gasteiger charge is -2.07. The van der Waals surface area contributed by atoms with Crippen LogP contribution in [0.4, 0.5) is 6.01 Å². The second kappa shape index (κ2) is 9.55. The van der Waals surface area contributed by atoms with Gasteiger partial charge in [-0.25, -0.2) is 0 Å². The number of nitrogens with zero attached hydrogens (tertiary/aromatic N) is 2. The number of nitrogens with one attached hydrogen (secondary N) is 1. The molecule has 0 fully saturated rings. The molecule has 7 nitrogen and oxygen atoms in total. The highest BCUT2D eigenvalue weighted by Gasteiger charge is 2.15. The molecule has 1 N–H and O–H groups in total. The SMILES string of the molecule is CCCCCOc1cccc(C(=O)Nc2nnc(-c3ccccc3OC)o2)c1. The van der Waals surface area contributed by atoms with Crippen molar-refractivity contribution in [2.24, 2.45) is 0 Å². The van der Waals surface area contributed by atoms with E-state index in [0.29, 0.717) is 29.2 Å². The molecule has 3 rings (SSSR count). The van der Waals surface area contributed by atoms with Crippen LogP contribution in [0.1, 0.15) is 36.5 Å². The van der Waals surface area contributed by atoms with E-state index in [9.17, 15) is 4.79 Å². The summed E-state index contributed by atoms with van der Waals surface area (Å²) >= 11 is 0. The molecule has 0 aliphatic carbocycles. The molecule has 0 unspecified atom stereocenters. The Kier molecular flexibility index (Phi) is 6.62. The number of benzene rings is 2. The molecule has 0 saturated heterocycles. The van der Waals surface area contributed by atoms with E-state index in [2.05, 4.69) is 22.4 Å². The molecule has 0 aliphatic rings. The van der Waals surface area contributed by atoms with Gasteiger partial charge in [-0.3, -0.25) is 10.1 Å². The lowest BCUT2D eigenvalue weighted by molar-refractivity contribution is 0.102. The van der Waals surface area contributed by atoms with Crippen LogP contribution in [0, 0.1) is 0 Å². The van der Waals surface area contributed by atoms with Crippen molar-refractivity contribution in [3.8, 4) is 23.0 Å². The molecule has 7 heteroatoms. The summed E-state index contributed by atoms with van der Waals surface area (Å²) < 4.78 is 16.5. The number of para-hydroxylation sites is 1. The summed E-state index contributed by atoms with van der Waals surface area (Å²) in [6.07, 6.45) is 3.24. The first kappa shape index (κ1) is 19.4. The second-order valence-corrected chi connectivity index (χ2v) is 6.15. The van der Waals surface area contributed by atoms with Crippen molar-refractivity contribution in [1.82, 2.24) is 10.2 Å². The molecule has 1 aromatic heterocycles. The molecule has 1 amide bonds. The maximum absolute atomic E-state index is 12.5. The van der Waals surface area contributed by atoms with Crippen molar-refractivity contribution in [1.29, 1.82) is 0 Å². The van der Waals surface area contributed by atoms with Gasteiger partial charge in [0, 0.05) is 5.56 Å². The van der Waals surface area contributed by atoms with Crippen LogP contribution in [0.3, 0.4) is 0 Å². The van der Waals surface area contributed by atoms with Gasteiger partial charge in [0.1, 0.15) is 11.5 Å². The highest BCUT2D eigenvalue weighted by molar-refractivity contribution is 6.03. The van der Waals surface area contributed by atoms with Crippen molar-refractivity contribution in [2.45, 2.75) is 26.2 Å². The highest BCUT2D eigenvalue weighted by atomic mass is 16.5. The Balaban J connectivity index is 1.66. The summed E-state index contributed by atoms with van der Waals surface area (Å²) in [5.41, 5.74) is 1.10. The predicted octanol–water partition coefficient (Wildman–Crippen LogP) is 4.57. The van der Waals surface area contributed by atoms with Gasteiger partial charge in [-0.15, -0.1) is 5.10 Å². The first-order valence-corrected chi connectivity index (χ1v) is 9.22. The van der Waals surface area contributed by atoms with Crippen LogP contribution in [-0.4, -0.2) is 29.8 Å². The number of ether oxygens (including phenoxy) is 2. The molecule has 0 radical (unpaired) electrons. The lowest BCUT2D eigenvalue weighted by atomic mass is 10.2. The molecule has 2 aromatic carbocycles. The summed E-state index contributed by atoms with van der Waals surface area (Å²) in [7, 11) is 1.56. The number of hydrogen-bond acceptors (Lipinski definition) is 6. The molecular weight excluding hydrogens is 358 g/mol. The number of carbonyl (C=O) groups excluding carboxylic acids is 1. The molecular formula is C21H23N3O4. The largest absolute Gasteiger partial charge is 0.496 e. The summed E-state index contributed by atoms with van der Waals surface area (Å²) in [6, 6.07) is 14.3. The van der Waals surface area contributed by atoms with E-state index in [1.807, 2.05) is 18.2 Å². The van der Waals surface area contributed by atoms with E-state index in [0.717, 1.165) is 19.3 Å². The van der Waals surface area contributed by atoms with Crippen molar-refractivity contribution in [3.63, 3.8) is 0 Å². The van der Waals surface area contributed by atoms with E-state index in [1.165, 1.54) is 0 Å². The lowest BCUT2D eigenvalue weighted by Crippen LogP contribution is -2.12.